The number of fused-ring (bicyclic) bond motifs is 1. The van der Waals surface area contributed by atoms with E-state index in [4.69, 9.17) is 5.73 Å². The van der Waals surface area contributed by atoms with Crippen LogP contribution >= 0.6 is 0 Å². The highest BCUT2D eigenvalue weighted by Crippen LogP contribution is 2.23. The number of nitro benzene ring substituents is 1. The predicted molar refractivity (Wildman–Crippen MR) is 83.0 cm³/mol. The Morgan fingerprint density at radius 1 is 1.30 bits per heavy atom. The van der Waals surface area contributed by atoms with Gasteiger partial charge in [0.15, 0.2) is 6.29 Å². The molecule has 0 amide bonds. The van der Waals surface area contributed by atoms with Gasteiger partial charge in [-0.3, -0.25) is 30.4 Å². The van der Waals surface area contributed by atoms with Crippen LogP contribution in [0.25, 0.3) is 11.0 Å². The molecule has 0 aliphatic carbocycles. The highest BCUT2D eigenvalue weighted by Gasteiger charge is 2.18. The van der Waals surface area contributed by atoms with Crippen molar-refractivity contribution in [1.82, 2.24) is 14.9 Å². The fourth-order valence-electron chi connectivity index (χ4n) is 2.31. The number of rotatable bonds is 3. The van der Waals surface area contributed by atoms with Crippen molar-refractivity contribution in [3.05, 3.63) is 60.8 Å². The minimum atomic E-state index is -0.872. The summed E-state index contributed by atoms with van der Waals surface area (Å²) in [5.74, 6) is 0. The van der Waals surface area contributed by atoms with Crippen molar-refractivity contribution in [2.45, 2.75) is 12.8 Å². The summed E-state index contributed by atoms with van der Waals surface area (Å²) >= 11 is 0. The number of hydrogen-bond acceptors (Lipinski definition) is 7. The number of hydrogen-bond donors (Lipinski definition) is 3. The second kappa shape index (κ2) is 5.50. The first-order chi connectivity index (χ1) is 11.0. The van der Waals surface area contributed by atoms with Gasteiger partial charge in [-0.1, -0.05) is 0 Å². The van der Waals surface area contributed by atoms with Gasteiger partial charge in [0.25, 0.3) is 5.69 Å². The van der Waals surface area contributed by atoms with Gasteiger partial charge in [0.1, 0.15) is 0 Å². The van der Waals surface area contributed by atoms with E-state index in [1.165, 1.54) is 12.1 Å². The molecule has 118 valence electrons. The van der Waals surface area contributed by atoms with E-state index in [-0.39, 0.29) is 17.7 Å². The molecule has 3 rings (SSSR count). The predicted octanol–water partition coefficient (Wildman–Crippen LogP) is -0.233. The van der Waals surface area contributed by atoms with Crippen LogP contribution in [0.3, 0.4) is 0 Å². The molecule has 1 aromatic heterocycles. The van der Waals surface area contributed by atoms with Gasteiger partial charge in [0, 0.05) is 36.7 Å². The molecule has 0 saturated heterocycles. The van der Waals surface area contributed by atoms with E-state index in [0.29, 0.717) is 11.1 Å². The first-order valence-corrected chi connectivity index (χ1v) is 6.60. The van der Waals surface area contributed by atoms with E-state index in [1.54, 1.807) is 23.4 Å². The zero-order chi connectivity index (χ0) is 16.6. The molecule has 23 heavy (non-hydrogen) atoms. The molecule has 1 unspecified atom stereocenters. The van der Waals surface area contributed by atoms with Crippen molar-refractivity contribution >= 4 is 22.9 Å². The number of nitrogens with zero attached hydrogens (tertiary/aromatic N) is 3. The van der Waals surface area contributed by atoms with Crippen LogP contribution in [0.5, 0.6) is 0 Å². The lowest BCUT2D eigenvalue weighted by Crippen LogP contribution is -2.38. The zero-order valence-electron chi connectivity index (χ0n) is 11.7. The SMILES string of the molecule is NC1N=CC=CN1Cc1cc([N+](=O)[O-])cc2[nH]c(=O)c(=O)[nH]c12. The van der Waals surface area contributed by atoms with Crippen LogP contribution in [0.2, 0.25) is 0 Å². The van der Waals surface area contributed by atoms with Crippen LogP contribution in [-0.4, -0.2) is 32.3 Å². The number of nitrogens with two attached hydrogens (primary N) is 1. The second-order valence-electron chi connectivity index (χ2n) is 4.92. The Bertz CT molecular complexity index is 957. The molecular formula is C13H12N6O4. The van der Waals surface area contributed by atoms with Crippen molar-refractivity contribution in [3.8, 4) is 0 Å². The Kier molecular flexibility index (Phi) is 3.50. The molecule has 0 fully saturated rings. The minimum absolute atomic E-state index is 0.176. The normalized spacial score (nSPS) is 16.9. The van der Waals surface area contributed by atoms with E-state index in [2.05, 4.69) is 15.0 Å². The summed E-state index contributed by atoms with van der Waals surface area (Å²) in [5, 5.41) is 11.1. The molecule has 1 aromatic carbocycles. The fraction of sp³-hybridized carbons (Fsp3) is 0.154. The summed E-state index contributed by atoms with van der Waals surface area (Å²) in [6, 6.07) is 2.52. The summed E-state index contributed by atoms with van der Waals surface area (Å²) in [6.07, 6.45) is 4.27. The van der Waals surface area contributed by atoms with Gasteiger partial charge in [0.05, 0.1) is 16.0 Å². The van der Waals surface area contributed by atoms with E-state index in [0.717, 1.165) is 0 Å². The third-order valence-corrected chi connectivity index (χ3v) is 3.40. The topological polar surface area (TPSA) is 150 Å². The Balaban J connectivity index is 2.17. The van der Waals surface area contributed by atoms with Crippen LogP contribution < -0.4 is 16.9 Å². The maximum atomic E-state index is 11.6. The van der Waals surface area contributed by atoms with Crippen LogP contribution in [-0.2, 0) is 6.54 Å². The second-order valence-corrected chi connectivity index (χ2v) is 4.92. The van der Waals surface area contributed by atoms with E-state index in [9.17, 15) is 19.7 Å². The molecule has 0 spiro atoms. The molecule has 0 saturated carbocycles. The summed E-state index contributed by atoms with van der Waals surface area (Å²) < 4.78 is 0. The molecule has 10 heteroatoms. The molecule has 1 aliphatic rings. The number of nitro groups is 1. The fourth-order valence-corrected chi connectivity index (χ4v) is 2.31. The van der Waals surface area contributed by atoms with Crippen molar-refractivity contribution < 1.29 is 4.92 Å². The number of nitrogens with one attached hydrogen (secondary N) is 2. The standard InChI is InChI=1S/C13H12N6O4/c14-13-15-2-1-3-18(13)6-7-4-8(19(22)23)5-9-10(7)17-12(21)11(20)16-9/h1-5,13H,6,14H2,(H,16,20)(H,17,21). The van der Waals surface area contributed by atoms with Crippen molar-refractivity contribution in [1.29, 1.82) is 0 Å². The van der Waals surface area contributed by atoms with E-state index < -0.39 is 22.3 Å². The third kappa shape index (κ3) is 2.74. The summed E-state index contributed by atoms with van der Waals surface area (Å²) in [7, 11) is 0. The number of aliphatic imine (C=N–C) groups is 1. The summed E-state index contributed by atoms with van der Waals surface area (Å²) in [6.45, 7) is 0.176. The van der Waals surface area contributed by atoms with Gasteiger partial charge in [-0.2, -0.15) is 0 Å². The zero-order valence-corrected chi connectivity index (χ0v) is 11.7. The Hall–Kier alpha value is -3.27. The quantitative estimate of drug-likeness (QED) is 0.404. The third-order valence-electron chi connectivity index (χ3n) is 3.40. The summed E-state index contributed by atoms with van der Waals surface area (Å²) in [4.78, 5) is 43.9. The largest absolute Gasteiger partial charge is 0.340 e. The molecule has 1 aliphatic heterocycles. The lowest BCUT2D eigenvalue weighted by molar-refractivity contribution is -0.384. The van der Waals surface area contributed by atoms with Gasteiger partial charge in [-0.05, 0) is 6.08 Å². The van der Waals surface area contributed by atoms with Crippen LogP contribution in [0.4, 0.5) is 5.69 Å². The average Bonchev–Trinajstić information content (AvgIpc) is 2.51. The van der Waals surface area contributed by atoms with Crippen LogP contribution in [0, 0.1) is 10.1 Å². The highest BCUT2D eigenvalue weighted by atomic mass is 16.6. The Morgan fingerprint density at radius 3 is 2.74 bits per heavy atom. The van der Waals surface area contributed by atoms with Crippen LogP contribution in [0.15, 0.2) is 39.0 Å². The minimum Gasteiger partial charge on any atom is -0.340 e. The van der Waals surface area contributed by atoms with Gasteiger partial charge >= 0.3 is 11.1 Å². The lowest BCUT2D eigenvalue weighted by atomic mass is 10.1. The number of non-ortho nitro benzene ring substituents is 1. The van der Waals surface area contributed by atoms with Gasteiger partial charge in [0.2, 0.25) is 0 Å². The lowest BCUT2D eigenvalue weighted by Gasteiger charge is -2.26. The molecule has 0 bridgehead atoms. The maximum absolute atomic E-state index is 11.6. The van der Waals surface area contributed by atoms with Crippen molar-refractivity contribution in [2.75, 3.05) is 0 Å². The first kappa shape index (κ1) is 14.7. The Labute approximate surface area is 128 Å². The van der Waals surface area contributed by atoms with E-state index in [1.807, 2.05) is 0 Å². The molecule has 2 aromatic rings. The monoisotopic (exact) mass is 316 g/mol. The number of benzene rings is 1. The number of H-pyrrole nitrogens is 2. The molecule has 1 atom stereocenters. The van der Waals surface area contributed by atoms with Gasteiger partial charge < -0.3 is 14.9 Å². The van der Waals surface area contributed by atoms with Crippen molar-refractivity contribution in [3.63, 3.8) is 0 Å². The number of aromatic nitrogens is 2. The first-order valence-electron chi connectivity index (χ1n) is 6.60. The average molecular weight is 316 g/mol. The smallest absolute Gasteiger partial charge is 0.314 e. The molecule has 2 heterocycles. The highest BCUT2D eigenvalue weighted by molar-refractivity contribution is 5.80. The molecule has 10 nitrogen and oxygen atoms in total. The Morgan fingerprint density at radius 2 is 2.04 bits per heavy atom. The molecular weight excluding hydrogens is 304 g/mol. The molecule has 0 radical (unpaired) electrons. The summed E-state index contributed by atoms with van der Waals surface area (Å²) in [5.41, 5.74) is 4.87. The van der Waals surface area contributed by atoms with E-state index >= 15 is 0 Å². The van der Waals surface area contributed by atoms with Gasteiger partial charge in [-0.15, -0.1) is 0 Å². The maximum Gasteiger partial charge on any atom is 0.314 e. The number of allylic oxidation sites excluding steroid dienone is 1. The van der Waals surface area contributed by atoms with Crippen molar-refractivity contribution in [2.24, 2.45) is 10.7 Å². The van der Waals surface area contributed by atoms with Gasteiger partial charge in [-0.25, -0.2) is 0 Å². The van der Waals surface area contributed by atoms with Crippen LogP contribution in [0.1, 0.15) is 5.56 Å². The number of aromatic amines is 2. The molecule has 4 N–H and O–H groups in total.